The van der Waals surface area contributed by atoms with Crippen molar-refractivity contribution in [2.75, 3.05) is 17.6 Å². The molecule has 1 aromatic heterocycles. The van der Waals surface area contributed by atoms with E-state index in [1.54, 1.807) is 12.1 Å². The van der Waals surface area contributed by atoms with Crippen molar-refractivity contribution in [2.24, 2.45) is 0 Å². The summed E-state index contributed by atoms with van der Waals surface area (Å²) >= 11 is 6.70. The van der Waals surface area contributed by atoms with E-state index < -0.39 is 10.0 Å². The molecule has 0 aliphatic heterocycles. The zero-order valence-electron chi connectivity index (χ0n) is 9.88. The summed E-state index contributed by atoms with van der Waals surface area (Å²) in [5.41, 5.74) is 6.31. The zero-order valence-corrected chi connectivity index (χ0v) is 12.3. The minimum atomic E-state index is -3.69. The first-order valence-corrected chi connectivity index (χ1v) is 7.82. The van der Waals surface area contributed by atoms with Crippen LogP contribution < -0.4 is 15.2 Å². The number of sulfonamides is 1. The molecule has 0 bridgehead atoms. The Morgan fingerprint density at radius 2 is 2.05 bits per heavy atom. The molecule has 0 radical (unpaired) electrons. The topological polar surface area (TPSA) is 81.4 Å². The molecule has 0 saturated heterocycles. The zero-order chi connectivity index (χ0) is 14.0. The normalized spacial score (nSPS) is 11.3. The van der Waals surface area contributed by atoms with E-state index in [-0.39, 0.29) is 9.90 Å². The Morgan fingerprint density at radius 3 is 2.63 bits per heavy atom. The molecule has 8 heteroatoms. The molecule has 0 saturated carbocycles. The van der Waals surface area contributed by atoms with Gasteiger partial charge in [0.2, 0.25) is 0 Å². The molecule has 1 aromatic carbocycles. The lowest BCUT2D eigenvalue weighted by Gasteiger charge is -2.10. The summed E-state index contributed by atoms with van der Waals surface area (Å²) in [5.74, 6) is 0.510. The molecule has 2 aromatic rings. The molecule has 0 amide bonds. The molecule has 0 atom stereocenters. The van der Waals surface area contributed by atoms with Crippen molar-refractivity contribution in [2.45, 2.75) is 4.21 Å². The number of methoxy groups -OCH3 is 1. The lowest BCUT2D eigenvalue weighted by Crippen LogP contribution is -2.12. The van der Waals surface area contributed by atoms with Gasteiger partial charge in [0.1, 0.15) is 9.96 Å². The van der Waals surface area contributed by atoms with Gasteiger partial charge >= 0.3 is 0 Å². The summed E-state index contributed by atoms with van der Waals surface area (Å²) in [4.78, 5) is 0. The number of thiophene rings is 1. The maximum Gasteiger partial charge on any atom is 0.271 e. The van der Waals surface area contributed by atoms with Gasteiger partial charge in [0.25, 0.3) is 10.0 Å². The molecule has 3 N–H and O–H groups in total. The van der Waals surface area contributed by atoms with E-state index in [1.807, 2.05) is 0 Å². The van der Waals surface area contributed by atoms with Crippen molar-refractivity contribution in [1.82, 2.24) is 0 Å². The number of nitrogens with one attached hydrogen (secondary N) is 1. The van der Waals surface area contributed by atoms with Gasteiger partial charge in [0.05, 0.1) is 22.8 Å². The van der Waals surface area contributed by atoms with Crippen molar-refractivity contribution < 1.29 is 13.2 Å². The van der Waals surface area contributed by atoms with Gasteiger partial charge in [-0.25, -0.2) is 8.42 Å². The van der Waals surface area contributed by atoms with E-state index in [9.17, 15) is 8.42 Å². The predicted molar refractivity (Wildman–Crippen MR) is 77.5 cm³/mol. The van der Waals surface area contributed by atoms with Crippen molar-refractivity contribution in [1.29, 1.82) is 0 Å². The molecule has 5 nitrogen and oxygen atoms in total. The summed E-state index contributed by atoms with van der Waals surface area (Å²) in [6, 6.07) is 7.69. The average Bonchev–Trinajstić information content (AvgIpc) is 2.79. The third-order valence-electron chi connectivity index (χ3n) is 2.32. The Balaban J connectivity index is 2.35. The monoisotopic (exact) mass is 318 g/mol. The SMILES string of the molecule is COc1ccc(N)c(NS(=O)(=O)c2ccc(Cl)s2)c1. The molecule has 102 valence electrons. The van der Waals surface area contributed by atoms with E-state index in [4.69, 9.17) is 22.1 Å². The molecule has 0 aliphatic rings. The van der Waals surface area contributed by atoms with Gasteiger partial charge in [-0.3, -0.25) is 4.72 Å². The van der Waals surface area contributed by atoms with Gasteiger partial charge in [0.15, 0.2) is 0 Å². The fourth-order valence-corrected chi connectivity index (χ4v) is 3.95. The van der Waals surface area contributed by atoms with Crippen molar-refractivity contribution in [3.8, 4) is 5.75 Å². The maximum absolute atomic E-state index is 12.1. The highest BCUT2D eigenvalue weighted by atomic mass is 35.5. The van der Waals surface area contributed by atoms with Crippen molar-refractivity contribution >= 4 is 44.3 Å². The molecule has 1 heterocycles. The Hall–Kier alpha value is -1.44. The van der Waals surface area contributed by atoms with Crippen molar-refractivity contribution in [3.63, 3.8) is 0 Å². The van der Waals surface area contributed by atoms with Crippen molar-refractivity contribution in [3.05, 3.63) is 34.7 Å². The molecule has 0 fully saturated rings. The summed E-state index contributed by atoms with van der Waals surface area (Å²) in [6.45, 7) is 0. The second-order valence-corrected chi connectivity index (χ2v) is 7.24. The van der Waals surface area contributed by atoms with Gasteiger partial charge in [-0.1, -0.05) is 11.6 Å². The number of rotatable bonds is 4. The van der Waals surface area contributed by atoms with E-state index in [0.29, 0.717) is 15.8 Å². The number of anilines is 2. The molecule has 19 heavy (non-hydrogen) atoms. The standard InChI is InChI=1S/C11H11ClN2O3S2/c1-17-7-2-3-8(13)9(6-7)14-19(15,16)11-5-4-10(12)18-11/h2-6,14H,13H2,1H3. The third kappa shape index (κ3) is 3.12. The van der Waals surface area contributed by atoms with Crippen LogP contribution in [0.3, 0.4) is 0 Å². The largest absolute Gasteiger partial charge is 0.497 e. The van der Waals surface area contributed by atoms with Crippen LogP contribution in [0.4, 0.5) is 11.4 Å². The van der Waals surface area contributed by atoms with Crippen LogP contribution in [0.1, 0.15) is 0 Å². The Labute approximate surface area is 120 Å². The van der Waals surface area contributed by atoms with Crippen LogP contribution in [0.15, 0.2) is 34.5 Å². The van der Waals surface area contributed by atoms with Crippen LogP contribution in [0.2, 0.25) is 4.34 Å². The maximum atomic E-state index is 12.1. The minimum absolute atomic E-state index is 0.125. The molecular weight excluding hydrogens is 308 g/mol. The first-order valence-electron chi connectivity index (χ1n) is 5.14. The average molecular weight is 319 g/mol. The number of hydrogen-bond donors (Lipinski definition) is 2. The molecule has 0 unspecified atom stereocenters. The number of ether oxygens (including phenoxy) is 1. The minimum Gasteiger partial charge on any atom is -0.497 e. The van der Waals surface area contributed by atoms with Gasteiger partial charge in [-0.05, 0) is 24.3 Å². The van der Waals surface area contributed by atoms with Gasteiger partial charge in [0, 0.05) is 6.07 Å². The van der Waals surface area contributed by atoms with E-state index >= 15 is 0 Å². The first kappa shape index (κ1) is 14.0. The van der Waals surface area contributed by atoms with Gasteiger partial charge < -0.3 is 10.5 Å². The van der Waals surface area contributed by atoms with Crippen LogP contribution in [0, 0.1) is 0 Å². The van der Waals surface area contributed by atoms with Gasteiger partial charge in [-0.2, -0.15) is 0 Å². The summed E-state index contributed by atoms with van der Waals surface area (Å²) < 4.78 is 32.2. The molecular formula is C11H11ClN2O3S2. The highest BCUT2D eigenvalue weighted by molar-refractivity contribution is 7.94. The van der Waals surface area contributed by atoms with Crippen LogP contribution in [-0.4, -0.2) is 15.5 Å². The quantitative estimate of drug-likeness (QED) is 0.849. The third-order valence-corrected chi connectivity index (χ3v) is 5.41. The summed E-state index contributed by atoms with van der Waals surface area (Å²) in [7, 11) is -2.20. The fourth-order valence-electron chi connectivity index (χ4n) is 1.39. The Bertz CT molecular complexity index is 698. The highest BCUT2D eigenvalue weighted by Gasteiger charge is 2.18. The molecule has 0 aliphatic carbocycles. The van der Waals surface area contributed by atoms with Gasteiger partial charge in [-0.15, -0.1) is 11.3 Å². The lowest BCUT2D eigenvalue weighted by molar-refractivity contribution is 0.415. The Morgan fingerprint density at radius 1 is 1.32 bits per heavy atom. The highest BCUT2D eigenvalue weighted by Crippen LogP contribution is 2.30. The number of halogens is 1. The van der Waals surface area contributed by atoms with Crippen LogP contribution >= 0.6 is 22.9 Å². The Kier molecular flexibility index (Phi) is 3.88. The summed E-state index contributed by atoms with van der Waals surface area (Å²) in [5, 5.41) is 0. The predicted octanol–water partition coefficient (Wildman–Crippen LogP) is 2.79. The van der Waals surface area contributed by atoms with E-state index in [1.165, 1.54) is 25.3 Å². The number of benzene rings is 1. The molecule has 2 rings (SSSR count). The second-order valence-electron chi connectivity index (χ2n) is 3.62. The fraction of sp³-hybridized carbons (Fsp3) is 0.0909. The number of nitrogens with two attached hydrogens (primary N) is 1. The molecule has 0 spiro atoms. The van der Waals surface area contributed by atoms with Crippen LogP contribution in [0.5, 0.6) is 5.75 Å². The number of nitrogen functional groups attached to an aromatic ring is 1. The lowest BCUT2D eigenvalue weighted by atomic mass is 10.2. The second kappa shape index (κ2) is 5.28. The smallest absolute Gasteiger partial charge is 0.271 e. The van der Waals surface area contributed by atoms with Crippen LogP contribution in [0.25, 0.3) is 0 Å². The summed E-state index contributed by atoms with van der Waals surface area (Å²) in [6.07, 6.45) is 0. The van der Waals surface area contributed by atoms with E-state index in [2.05, 4.69) is 4.72 Å². The van der Waals surface area contributed by atoms with E-state index in [0.717, 1.165) is 11.3 Å². The number of hydrogen-bond acceptors (Lipinski definition) is 5. The van der Waals surface area contributed by atoms with Crippen LogP contribution in [-0.2, 0) is 10.0 Å². The first-order chi connectivity index (χ1) is 8.92.